The van der Waals surface area contributed by atoms with Gasteiger partial charge in [-0.25, -0.2) is 16.8 Å². The lowest BCUT2D eigenvalue weighted by Crippen LogP contribution is -2.30. The maximum absolute atomic E-state index is 12.2. The Bertz CT molecular complexity index is 734. The minimum absolute atomic E-state index is 0.0411. The van der Waals surface area contributed by atoms with Crippen LogP contribution < -0.4 is 0 Å². The van der Waals surface area contributed by atoms with Crippen LogP contribution in [-0.2, 0) is 19.9 Å². The molecule has 1 aliphatic rings. The fourth-order valence-electron chi connectivity index (χ4n) is 2.21. The van der Waals surface area contributed by atoms with Crippen molar-refractivity contribution in [1.29, 1.82) is 0 Å². The standard InChI is InChI=1S/C14H19NO4S2/c1-12-3-5-13(6-4-12)8-10-21(18,19)15-9-7-14(11-15)20(2,16)17/h3-6,8,10,14H,7,9,11H2,1-2H3/b10-8+. The molecule has 0 amide bonds. The van der Waals surface area contributed by atoms with Crippen LogP contribution in [0.3, 0.4) is 0 Å². The van der Waals surface area contributed by atoms with Crippen LogP contribution in [0.1, 0.15) is 17.5 Å². The number of nitrogens with zero attached hydrogens (tertiary/aromatic N) is 1. The Balaban J connectivity index is 2.11. The quantitative estimate of drug-likeness (QED) is 0.837. The van der Waals surface area contributed by atoms with Gasteiger partial charge in [0.15, 0.2) is 9.84 Å². The predicted molar refractivity (Wildman–Crippen MR) is 84.0 cm³/mol. The molecule has 0 N–H and O–H groups in total. The van der Waals surface area contributed by atoms with Gasteiger partial charge in [-0.1, -0.05) is 29.8 Å². The average Bonchev–Trinajstić information content (AvgIpc) is 2.88. The van der Waals surface area contributed by atoms with E-state index in [2.05, 4.69) is 0 Å². The molecule has 0 aromatic heterocycles. The van der Waals surface area contributed by atoms with Gasteiger partial charge in [0.2, 0.25) is 10.0 Å². The summed E-state index contributed by atoms with van der Waals surface area (Å²) in [6.45, 7) is 2.25. The zero-order chi connectivity index (χ0) is 15.7. The number of hydrogen-bond donors (Lipinski definition) is 0. The van der Waals surface area contributed by atoms with Gasteiger partial charge in [-0.15, -0.1) is 0 Å². The van der Waals surface area contributed by atoms with Crippen molar-refractivity contribution < 1.29 is 16.8 Å². The summed E-state index contributed by atoms with van der Waals surface area (Å²) in [6, 6.07) is 7.49. The first-order valence-corrected chi connectivity index (χ1v) is 10.1. The molecule has 0 bridgehead atoms. The molecular weight excluding hydrogens is 310 g/mol. The van der Waals surface area contributed by atoms with Crippen LogP contribution in [0.5, 0.6) is 0 Å². The monoisotopic (exact) mass is 329 g/mol. The molecule has 1 heterocycles. The van der Waals surface area contributed by atoms with E-state index in [9.17, 15) is 16.8 Å². The van der Waals surface area contributed by atoms with E-state index in [1.165, 1.54) is 10.4 Å². The number of benzene rings is 1. The summed E-state index contributed by atoms with van der Waals surface area (Å²) < 4.78 is 48.6. The van der Waals surface area contributed by atoms with Crippen molar-refractivity contribution >= 4 is 25.9 Å². The number of aryl methyl sites for hydroxylation is 1. The molecule has 2 rings (SSSR count). The first kappa shape index (κ1) is 16.2. The summed E-state index contributed by atoms with van der Waals surface area (Å²) in [6.07, 6.45) is 3.04. The molecule has 0 spiro atoms. The van der Waals surface area contributed by atoms with E-state index in [1.807, 2.05) is 31.2 Å². The second-order valence-corrected chi connectivity index (χ2v) is 9.50. The van der Waals surface area contributed by atoms with Crippen LogP contribution in [0, 0.1) is 6.92 Å². The summed E-state index contributed by atoms with van der Waals surface area (Å²) in [7, 11) is -6.77. The summed E-state index contributed by atoms with van der Waals surface area (Å²) in [5.74, 6) is 0. The molecule has 0 aliphatic carbocycles. The summed E-state index contributed by atoms with van der Waals surface area (Å²) in [4.78, 5) is 0. The Morgan fingerprint density at radius 1 is 1.14 bits per heavy atom. The molecule has 5 nitrogen and oxygen atoms in total. The zero-order valence-electron chi connectivity index (χ0n) is 12.1. The molecule has 1 fully saturated rings. The highest BCUT2D eigenvalue weighted by atomic mass is 32.2. The van der Waals surface area contributed by atoms with Crippen molar-refractivity contribution in [3.8, 4) is 0 Å². The minimum atomic E-state index is -3.57. The molecule has 1 unspecified atom stereocenters. The van der Waals surface area contributed by atoms with Gasteiger partial charge in [0.25, 0.3) is 0 Å². The van der Waals surface area contributed by atoms with Crippen LogP contribution in [0.2, 0.25) is 0 Å². The van der Waals surface area contributed by atoms with Crippen LogP contribution in [-0.4, -0.2) is 45.7 Å². The number of rotatable bonds is 4. The van der Waals surface area contributed by atoms with E-state index in [1.54, 1.807) is 0 Å². The van der Waals surface area contributed by atoms with Crippen LogP contribution in [0.25, 0.3) is 6.08 Å². The molecule has 1 aliphatic heterocycles. The van der Waals surface area contributed by atoms with Crippen molar-refractivity contribution in [2.24, 2.45) is 0 Å². The van der Waals surface area contributed by atoms with Crippen molar-refractivity contribution in [3.63, 3.8) is 0 Å². The van der Waals surface area contributed by atoms with Crippen molar-refractivity contribution in [1.82, 2.24) is 4.31 Å². The van der Waals surface area contributed by atoms with Gasteiger partial charge in [0, 0.05) is 24.8 Å². The molecule has 7 heteroatoms. The van der Waals surface area contributed by atoms with Gasteiger partial charge >= 0.3 is 0 Å². The second-order valence-electron chi connectivity index (χ2n) is 5.36. The van der Waals surface area contributed by atoms with Gasteiger partial charge in [-0.05, 0) is 25.0 Å². The molecule has 0 radical (unpaired) electrons. The highest BCUT2D eigenvalue weighted by Gasteiger charge is 2.35. The Morgan fingerprint density at radius 3 is 2.29 bits per heavy atom. The molecule has 21 heavy (non-hydrogen) atoms. The lowest BCUT2D eigenvalue weighted by atomic mass is 10.2. The lowest BCUT2D eigenvalue weighted by molar-refractivity contribution is 0.485. The van der Waals surface area contributed by atoms with Gasteiger partial charge in [-0.2, -0.15) is 4.31 Å². The van der Waals surface area contributed by atoms with Crippen molar-refractivity contribution in [3.05, 3.63) is 40.8 Å². The van der Waals surface area contributed by atoms with E-state index in [4.69, 9.17) is 0 Å². The second kappa shape index (κ2) is 5.90. The van der Waals surface area contributed by atoms with Crippen LogP contribution >= 0.6 is 0 Å². The van der Waals surface area contributed by atoms with E-state index in [-0.39, 0.29) is 13.1 Å². The highest BCUT2D eigenvalue weighted by molar-refractivity contribution is 7.92. The van der Waals surface area contributed by atoms with Gasteiger partial charge < -0.3 is 0 Å². The largest absolute Gasteiger partial charge is 0.236 e. The molecule has 1 aromatic carbocycles. The van der Waals surface area contributed by atoms with Gasteiger partial charge in [-0.3, -0.25) is 0 Å². The number of sulfone groups is 1. The maximum atomic E-state index is 12.2. The third kappa shape index (κ3) is 4.15. The molecule has 116 valence electrons. The van der Waals surface area contributed by atoms with E-state index >= 15 is 0 Å². The predicted octanol–water partition coefficient (Wildman–Crippen LogP) is 1.41. The van der Waals surface area contributed by atoms with E-state index < -0.39 is 25.1 Å². The fraction of sp³-hybridized carbons (Fsp3) is 0.429. The molecule has 1 atom stereocenters. The third-order valence-corrected chi connectivity index (χ3v) is 6.71. The number of sulfonamides is 1. The lowest BCUT2D eigenvalue weighted by Gasteiger charge is -2.13. The third-order valence-electron chi connectivity index (χ3n) is 3.58. The van der Waals surface area contributed by atoms with E-state index in [0.717, 1.165) is 22.8 Å². The maximum Gasteiger partial charge on any atom is 0.236 e. The van der Waals surface area contributed by atoms with Gasteiger partial charge in [0.05, 0.1) is 5.25 Å². The first-order chi connectivity index (χ1) is 9.68. The average molecular weight is 329 g/mol. The van der Waals surface area contributed by atoms with Crippen LogP contribution in [0.15, 0.2) is 29.7 Å². The Labute approximate surface area is 126 Å². The molecule has 1 saturated heterocycles. The van der Waals surface area contributed by atoms with Crippen molar-refractivity contribution in [2.75, 3.05) is 19.3 Å². The van der Waals surface area contributed by atoms with E-state index in [0.29, 0.717) is 6.42 Å². The Kier molecular flexibility index (Phi) is 4.55. The minimum Gasteiger partial charge on any atom is -0.229 e. The summed E-state index contributed by atoms with van der Waals surface area (Å²) in [5, 5.41) is 0.544. The first-order valence-electron chi connectivity index (χ1n) is 6.62. The van der Waals surface area contributed by atoms with Gasteiger partial charge in [0.1, 0.15) is 0 Å². The van der Waals surface area contributed by atoms with Crippen molar-refractivity contribution in [2.45, 2.75) is 18.6 Å². The summed E-state index contributed by atoms with van der Waals surface area (Å²) >= 11 is 0. The highest BCUT2D eigenvalue weighted by Crippen LogP contribution is 2.20. The normalized spacial score (nSPS) is 21.1. The molecular formula is C14H19NO4S2. The SMILES string of the molecule is Cc1ccc(/C=C/S(=O)(=O)N2CCC(S(C)(=O)=O)C2)cc1. The topological polar surface area (TPSA) is 71.5 Å². The Morgan fingerprint density at radius 2 is 1.76 bits per heavy atom. The molecule has 0 saturated carbocycles. The Hall–Kier alpha value is -1.18. The zero-order valence-corrected chi connectivity index (χ0v) is 13.7. The van der Waals surface area contributed by atoms with Crippen LogP contribution in [0.4, 0.5) is 0 Å². The molecule has 1 aromatic rings. The smallest absolute Gasteiger partial charge is 0.229 e. The fourth-order valence-corrected chi connectivity index (χ4v) is 4.53. The number of hydrogen-bond acceptors (Lipinski definition) is 4. The summed E-state index contributed by atoms with van der Waals surface area (Å²) in [5.41, 5.74) is 1.90.